The number of hydrogen-bond acceptors (Lipinski definition) is 4. The minimum absolute atomic E-state index is 0.00519. The van der Waals surface area contributed by atoms with Gasteiger partial charge in [0.25, 0.3) is 0 Å². The summed E-state index contributed by atoms with van der Waals surface area (Å²) >= 11 is 2.29. The van der Waals surface area contributed by atoms with E-state index in [1.807, 2.05) is 7.05 Å². The minimum Gasteiger partial charge on any atom is -0.373 e. The fraction of sp³-hybridized carbons (Fsp3) is 0.667. The summed E-state index contributed by atoms with van der Waals surface area (Å²) in [6.45, 7) is 4.24. The first-order valence-corrected chi connectivity index (χ1v) is 7.02. The Balaban J connectivity index is 3.15. The molecule has 1 atom stereocenters. The number of rotatable bonds is 6. The third-order valence-electron chi connectivity index (χ3n) is 2.63. The third-order valence-corrected chi connectivity index (χ3v) is 3.77. The summed E-state index contributed by atoms with van der Waals surface area (Å²) in [7, 11) is 3.60. The highest BCUT2D eigenvalue weighted by atomic mass is 127. The Labute approximate surface area is 117 Å². The molecule has 0 radical (unpaired) electrons. The van der Waals surface area contributed by atoms with Gasteiger partial charge in [-0.1, -0.05) is 20.3 Å². The van der Waals surface area contributed by atoms with Gasteiger partial charge in [0.2, 0.25) is 0 Å². The van der Waals surface area contributed by atoms with Crippen LogP contribution in [0.1, 0.15) is 44.3 Å². The number of aryl methyl sites for hydroxylation is 1. The molecule has 1 aromatic heterocycles. The number of ether oxygens (including phenoxy) is 1. The maximum atomic E-state index is 5.46. The van der Waals surface area contributed by atoms with Crippen molar-refractivity contribution in [3.63, 3.8) is 0 Å². The molecule has 1 N–H and O–H groups in total. The molecule has 4 nitrogen and oxygen atoms in total. The van der Waals surface area contributed by atoms with Gasteiger partial charge < -0.3 is 10.1 Å². The standard InChI is InChI=1S/C12H20IN3O/c1-5-7-9(17-4)11-15-8(6-2)10(13)12(14-3)16-11/h9H,5-7H2,1-4H3,(H,14,15,16). The van der Waals surface area contributed by atoms with Crippen molar-refractivity contribution in [2.45, 2.75) is 39.2 Å². The molecule has 0 amide bonds. The van der Waals surface area contributed by atoms with E-state index in [0.717, 1.165) is 40.2 Å². The highest BCUT2D eigenvalue weighted by molar-refractivity contribution is 14.1. The zero-order valence-electron chi connectivity index (χ0n) is 10.9. The molecule has 0 saturated carbocycles. The topological polar surface area (TPSA) is 47.0 Å². The van der Waals surface area contributed by atoms with Crippen molar-refractivity contribution < 1.29 is 4.74 Å². The van der Waals surface area contributed by atoms with E-state index in [9.17, 15) is 0 Å². The Morgan fingerprint density at radius 1 is 1.35 bits per heavy atom. The normalized spacial score (nSPS) is 12.5. The number of nitrogens with zero attached hydrogens (tertiary/aromatic N) is 2. The largest absolute Gasteiger partial charge is 0.373 e. The smallest absolute Gasteiger partial charge is 0.159 e. The quantitative estimate of drug-likeness (QED) is 0.802. The molecule has 1 aromatic rings. The zero-order chi connectivity index (χ0) is 12.8. The molecular formula is C12H20IN3O. The van der Waals surface area contributed by atoms with Crippen LogP contribution in [0.2, 0.25) is 0 Å². The molecule has 1 unspecified atom stereocenters. The molecular weight excluding hydrogens is 329 g/mol. The van der Waals surface area contributed by atoms with Crippen LogP contribution >= 0.6 is 22.6 Å². The van der Waals surface area contributed by atoms with Gasteiger partial charge in [0.1, 0.15) is 11.9 Å². The van der Waals surface area contributed by atoms with Crippen molar-refractivity contribution in [3.05, 3.63) is 15.1 Å². The van der Waals surface area contributed by atoms with Crippen LogP contribution in [0.3, 0.4) is 0 Å². The molecule has 0 aromatic carbocycles. The number of aromatic nitrogens is 2. The first kappa shape index (κ1) is 14.6. The van der Waals surface area contributed by atoms with E-state index in [4.69, 9.17) is 4.74 Å². The van der Waals surface area contributed by atoms with Gasteiger partial charge in [0, 0.05) is 14.2 Å². The van der Waals surface area contributed by atoms with Gasteiger partial charge in [-0.25, -0.2) is 9.97 Å². The summed E-state index contributed by atoms with van der Waals surface area (Å²) in [5.74, 6) is 1.68. The number of halogens is 1. The predicted octanol–water partition coefficient (Wildman–Crippen LogP) is 3.17. The van der Waals surface area contributed by atoms with E-state index in [-0.39, 0.29) is 6.10 Å². The molecule has 0 fully saturated rings. The number of anilines is 1. The summed E-state index contributed by atoms with van der Waals surface area (Å²) < 4.78 is 6.56. The molecule has 0 bridgehead atoms. The van der Waals surface area contributed by atoms with Gasteiger partial charge in [-0.2, -0.15) is 0 Å². The number of nitrogens with one attached hydrogen (secondary N) is 1. The molecule has 0 aliphatic heterocycles. The zero-order valence-corrected chi connectivity index (χ0v) is 13.0. The summed E-state index contributed by atoms with van der Waals surface area (Å²) in [4.78, 5) is 9.14. The lowest BCUT2D eigenvalue weighted by Crippen LogP contribution is -2.12. The molecule has 0 aliphatic carbocycles. The Morgan fingerprint density at radius 2 is 2.06 bits per heavy atom. The average molecular weight is 349 g/mol. The second-order valence-corrected chi connectivity index (χ2v) is 4.89. The van der Waals surface area contributed by atoms with Gasteiger partial charge >= 0.3 is 0 Å². The van der Waals surface area contributed by atoms with Crippen LogP contribution in [0.4, 0.5) is 5.82 Å². The number of hydrogen-bond donors (Lipinski definition) is 1. The summed E-state index contributed by atoms with van der Waals surface area (Å²) in [5.41, 5.74) is 1.08. The Kier molecular flexibility index (Phi) is 6.11. The second kappa shape index (κ2) is 7.10. The fourth-order valence-electron chi connectivity index (χ4n) is 1.67. The van der Waals surface area contributed by atoms with Crippen molar-refractivity contribution in [1.82, 2.24) is 9.97 Å². The lowest BCUT2D eigenvalue weighted by atomic mass is 10.2. The lowest BCUT2D eigenvalue weighted by Gasteiger charge is -2.16. The van der Waals surface area contributed by atoms with Crippen LogP contribution in [0, 0.1) is 3.57 Å². The summed E-state index contributed by atoms with van der Waals surface area (Å²) in [6.07, 6.45) is 2.91. The molecule has 5 heteroatoms. The van der Waals surface area contributed by atoms with Crippen LogP contribution in [0.25, 0.3) is 0 Å². The third kappa shape index (κ3) is 3.51. The van der Waals surface area contributed by atoms with Crippen LogP contribution in [0.15, 0.2) is 0 Å². The van der Waals surface area contributed by atoms with Crippen molar-refractivity contribution in [2.24, 2.45) is 0 Å². The molecule has 0 spiro atoms. The average Bonchev–Trinajstić information content (AvgIpc) is 2.36. The SMILES string of the molecule is CCCC(OC)c1nc(CC)c(I)c(NC)n1. The lowest BCUT2D eigenvalue weighted by molar-refractivity contribution is 0.0875. The first-order chi connectivity index (χ1) is 8.17. The Bertz CT molecular complexity index is 346. The van der Waals surface area contributed by atoms with Crippen molar-refractivity contribution in [1.29, 1.82) is 0 Å². The molecule has 96 valence electrons. The van der Waals surface area contributed by atoms with E-state index in [2.05, 4.69) is 51.7 Å². The van der Waals surface area contributed by atoms with E-state index < -0.39 is 0 Å². The van der Waals surface area contributed by atoms with E-state index in [0.29, 0.717) is 0 Å². The van der Waals surface area contributed by atoms with Crippen LogP contribution in [-0.2, 0) is 11.2 Å². The maximum absolute atomic E-state index is 5.46. The van der Waals surface area contributed by atoms with Crippen molar-refractivity contribution in [2.75, 3.05) is 19.5 Å². The maximum Gasteiger partial charge on any atom is 0.159 e. The first-order valence-electron chi connectivity index (χ1n) is 5.94. The minimum atomic E-state index is -0.00519. The van der Waals surface area contributed by atoms with Gasteiger partial charge in [0.15, 0.2) is 5.82 Å². The van der Waals surface area contributed by atoms with Gasteiger partial charge in [-0.05, 0) is 35.4 Å². The van der Waals surface area contributed by atoms with Crippen molar-refractivity contribution in [3.8, 4) is 0 Å². The van der Waals surface area contributed by atoms with Crippen molar-refractivity contribution >= 4 is 28.4 Å². The van der Waals surface area contributed by atoms with Gasteiger partial charge in [0.05, 0.1) is 9.26 Å². The second-order valence-electron chi connectivity index (χ2n) is 3.81. The predicted molar refractivity (Wildman–Crippen MR) is 78.3 cm³/mol. The number of methoxy groups -OCH3 is 1. The Hall–Kier alpha value is -0.430. The molecule has 1 rings (SSSR count). The van der Waals surface area contributed by atoms with Crippen LogP contribution in [-0.4, -0.2) is 24.1 Å². The van der Waals surface area contributed by atoms with Crippen LogP contribution in [0.5, 0.6) is 0 Å². The molecule has 0 aliphatic rings. The highest BCUT2D eigenvalue weighted by Crippen LogP contribution is 2.25. The van der Waals surface area contributed by atoms with Gasteiger partial charge in [-0.3, -0.25) is 0 Å². The summed E-state index contributed by atoms with van der Waals surface area (Å²) in [6, 6.07) is 0. The fourth-order valence-corrected chi connectivity index (χ4v) is 2.56. The van der Waals surface area contributed by atoms with Gasteiger partial charge in [-0.15, -0.1) is 0 Å². The Morgan fingerprint density at radius 3 is 2.53 bits per heavy atom. The highest BCUT2D eigenvalue weighted by Gasteiger charge is 2.17. The van der Waals surface area contributed by atoms with E-state index in [1.54, 1.807) is 7.11 Å². The van der Waals surface area contributed by atoms with Crippen LogP contribution < -0.4 is 5.32 Å². The summed E-state index contributed by atoms with van der Waals surface area (Å²) in [5, 5.41) is 3.12. The van der Waals surface area contributed by atoms with E-state index in [1.165, 1.54) is 0 Å². The molecule has 0 saturated heterocycles. The molecule has 17 heavy (non-hydrogen) atoms. The monoisotopic (exact) mass is 349 g/mol. The van der Waals surface area contributed by atoms with E-state index >= 15 is 0 Å². The molecule has 1 heterocycles.